The summed E-state index contributed by atoms with van der Waals surface area (Å²) in [5.74, 6) is -0.359. The van der Waals surface area contributed by atoms with Gasteiger partial charge in [-0.05, 0) is 31.0 Å². The second-order valence-corrected chi connectivity index (χ2v) is 7.40. The topological polar surface area (TPSA) is 117 Å². The lowest BCUT2D eigenvalue weighted by molar-refractivity contribution is -0.611. The zero-order valence-corrected chi connectivity index (χ0v) is 13.9. The first-order chi connectivity index (χ1) is 11.9. The molecule has 2 heterocycles. The van der Waals surface area contributed by atoms with Crippen LogP contribution in [0, 0.1) is 15.3 Å². The Morgan fingerprint density at radius 1 is 1.16 bits per heavy atom. The summed E-state index contributed by atoms with van der Waals surface area (Å²) in [6.07, 6.45) is 2.72. The van der Waals surface area contributed by atoms with Crippen molar-refractivity contribution in [2.75, 3.05) is 13.1 Å². The highest BCUT2D eigenvalue weighted by molar-refractivity contribution is 7.89. The molecule has 0 unspecified atom stereocenters. The van der Waals surface area contributed by atoms with Crippen LogP contribution < -0.4 is 9.47 Å². The lowest BCUT2D eigenvalue weighted by Crippen LogP contribution is -2.28. The Hall–Kier alpha value is -2.72. The highest BCUT2D eigenvalue weighted by atomic mass is 32.2. The molecule has 1 aromatic carbocycles. The average Bonchev–Trinajstić information content (AvgIpc) is 3.12. The number of hydrogen-bond acceptors (Lipinski definition) is 6. The lowest BCUT2D eigenvalue weighted by Gasteiger charge is -2.15. The minimum Gasteiger partial charge on any atom is -0.616 e. The fraction of sp³-hybridized carbons (Fsp3) is 0.267. The smallest absolute Gasteiger partial charge is 0.385 e. The summed E-state index contributed by atoms with van der Waals surface area (Å²) in [7, 11) is -3.79. The van der Waals surface area contributed by atoms with Gasteiger partial charge in [-0.15, -0.1) is 4.73 Å². The second kappa shape index (κ2) is 6.65. The van der Waals surface area contributed by atoms with Gasteiger partial charge in [0.15, 0.2) is 6.20 Å². The molecule has 2 aromatic rings. The molecular formula is C15H15N3O6S. The average molecular weight is 365 g/mol. The molecule has 1 fully saturated rings. The predicted octanol–water partition coefficient (Wildman–Crippen LogP) is 1.81. The first kappa shape index (κ1) is 17.1. The van der Waals surface area contributed by atoms with Crippen LogP contribution in [0.4, 0.5) is 5.69 Å². The molecule has 0 radical (unpaired) electrons. The zero-order valence-electron chi connectivity index (χ0n) is 13.1. The van der Waals surface area contributed by atoms with Crippen LogP contribution in [0.2, 0.25) is 0 Å². The number of nitro groups is 1. The van der Waals surface area contributed by atoms with Crippen LogP contribution in [0.25, 0.3) is 0 Å². The largest absolute Gasteiger partial charge is 0.616 e. The van der Waals surface area contributed by atoms with E-state index in [9.17, 15) is 23.7 Å². The number of nitrogens with zero attached hydrogens (tertiary/aromatic N) is 3. The van der Waals surface area contributed by atoms with Gasteiger partial charge in [-0.2, -0.15) is 4.31 Å². The standard InChI is InChI=1S/C15H15N3O6S/c19-17-10-2-1-5-15(17)24-14-7-6-12(11-13(14)18(20)21)25(22,23)16-8-3-4-9-16/h1-2,5-7,10-11H,3-4,8-9H2. The van der Waals surface area contributed by atoms with Gasteiger partial charge in [0, 0.05) is 25.2 Å². The van der Waals surface area contributed by atoms with Crippen LogP contribution in [0.15, 0.2) is 47.5 Å². The van der Waals surface area contributed by atoms with Crippen molar-refractivity contribution in [1.29, 1.82) is 0 Å². The van der Waals surface area contributed by atoms with Gasteiger partial charge in [-0.25, -0.2) is 8.42 Å². The van der Waals surface area contributed by atoms with E-state index >= 15 is 0 Å². The summed E-state index contributed by atoms with van der Waals surface area (Å²) in [5.41, 5.74) is -0.524. The third kappa shape index (κ3) is 3.39. The number of rotatable bonds is 5. The van der Waals surface area contributed by atoms with Crippen LogP contribution in [0.5, 0.6) is 11.6 Å². The number of pyridine rings is 1. The molecule has 0 N–H and O–H groups in total. The van der Waals surface area contributed by atoms with Crippen LogP contribution in [-0.2, 0) is 10.0 Å². The highest BCUT2D eigenvalue weighted by Crippen LogP contribution is 2.33. The first-order valence-electron chi connectivity index (χ1n) is 7.54. The molecule has 1 saturated heterocycles. The van der Waals surface area contributed by atoms with E-state index in [1.165, 1.54) is 34.8 Å². The van der Waals surface area contributed by atoms with Crippen molar-refractivity contribution < 1.29 is 22.8 Å². The van der Waals surface area contributed by atoms with E-state index < -0.39 is 20.6 Å². The number of benzene rings is 1. The van der Waals surface area contributed by atoms with E-state index in [1.807, 2.05) is 0 Å². The molecule has 132 valence electrons. The number of hydrogen-bond donors (Lipinski definition) is 0. The Bertz CT molecular complexity index is 909. The van der Waals surface area contributed by atoms with Crippen LogP contribution >= 0.6 is 0 Å². The minimum atomic E-state index is -3.79. The van der Waals surface area contributed by atoms with Crippen molar-refractivity contribution in [3.63, 3.8) is 0 Å². The van der Waals surface area contributed by atoms with Gasteiger partial charge in [-0.3, -0.25) is 10.1 Å². The first-order valence-corrected chi connectivity index (χ1v) is 8.98. The fourth-order valence-corrected chi connectivity index (χ4v) is 4.11. The summed E-state index contributed by atoms with van der Waals surface area (Å²) in [6.45, 7) is 0.795. The summed E-state index contributed by atoms with van der Waals surface area (Å²) in [5, 5.41) is 23.0. The molecule has 0 saturated carbocycles. The Kier molecular flexibility index (Phi) is 4.55. The third-order valence-corrected chi connectivity index (χ3v) is 5.73. The monoisotopic (exact) mass is 365 g/mol. The maximum absolute atomic E-state index is 12.5. The molecule has 1 aromatic heterocycles. The van der Waals surface area contributed by atoms with E-state index in [0.717, 1.165) is 18.9 Å². The lowest BCUT2D eigenvalue weighted by atomic mass is 10.3. The van der Waals surface area contributed by atoms with Gasteiger partial charge in [0.2, 0.25) is 15.8 Å². The zero-order chi connectivity index (χ0) is 18.0. The fourth-order valence-electron chi connectivity index (χ4n) is 2.57. The summed E-state index contributed by atoms with van der Waals surface area (Å²) in [4.78, 5) is 10.4. The molecule has 0 bridgehead atoms. The molecule has 0 spiro atoms. The maximum atomic E-state index is 12.5. The van der Waals surface area contributed by atoms with Gasteiger partial charge >= 0.3 is 11.6 Å². The summed E-state index contributed by atoms with van der Waals surface area (Å²) in [6, 6.07) is 7.77. The highest BCUT2D eigenvalue weighted by Gasteiger charge is 2.30. The Balaban J connectivity index is 1.99. The van der Waals surface area contributed by atoms with Crippen LogP contribution in [0.1, 0.15) is 12.8 Å². The minimum absolute atomic E-state index is 0.152. The molecule has 0 atom stereocenters. The van der Waals surface area contributed by atoms with E-state index in [4.69, 9.17) is 4.74 Å². The maximum Gasteiger partial charge on any atom is 0.385 e. The predicted molar refractivity (Wildman–Crippen MR) is 86.6 cm³/mol. The summed E-state index contributed by atoms with van der Waals surface area (Å²) < 4.78 is 32.1. The Morgan fingerprint density at radius 2 is 1.88 bits per heavy atom. The van der Waals surface area contributed by atoms with Gasteiger partial charge in [0.25, 0.3) is 0 Å². The SMILES string of the molecule is O=[N+]([O-])c1cc(S(=O)(=O)N2CCCC2)ccc1Oc1cccc[n+]1[O-]. The third-order valence-electron chi connectivity index (χ3n) is 3.83. The van der Waals surface area contributed by atoms with E-state index in [-0.39, 0.29) is 16.5 Å². The van der Waals surface area contributed by atoms with Gasteiger partial charge in [0.1, 0.15) is 0 Å². The van der Waals surface area contributed by atoms with Crippen molar-refractivity contribution in [3.8, 4) is 11.6 Å². The number of aromatic nitrogens is 1. The van der Waals surface area contributed by atoms with Crippen molar-refractivity contribution in [3.05, 3.63) is 57.9 Å². The van der Waals surface area contributed by atoms with E-state index in [1.54, 1.807) is 6.07 Å². The van der Waals surface area contributed by atoms with Crippen molar-refractivity contribution >= 4 is 15.7 Å². The molecule has 10 heteroatoms. The van der Waals surface area contributed by atoms with Crippen LogP contribution in [-0.4, -0.2) is 30.7 Å². The Morgan fingerprint density at radius 3 is 2.52 bits per heavy atom. The molecule has 9 nitrogen and oxygen atoms in total. The molecule has 1 aliphatic rings. The molecule has 1 aliphatic heterocycles. The van der Waals surface area contributed by atoms with Crippen molar-refractivity contribution in [2.24, 2.45) is 0 Å². The van der Waals surface area contributed by atoms with Crippen molar-refractivity contribution in [1.82, 2.24) is 4.31 Å². The second-order valence-electron chi connectivity index (χ2n) is 5.46. The number of sulfonamides is 1. The van der Waals surface area contributed by atoms with Crippen molar-refractivity contribution in [2.45, 2.75) is 17.7 Å². The van der Waals surface area contributed by atoms with Crippen LogP contribution in [0.3, 0.4) is 0 Å². The quantitative estimate of drug-likeness (QED) is 0.345. The van der Waals surface area contributed by atoms with Gasteiger partial charge in [0.05, 0.1) is 15.9 Å². The molecule has 0 aliphatic carbocycles. The number of ether oxygens (including phenoxy) is 1. The summed E-state index contributed by atoms with van der Waals surface area (Å²) >= 11 is 0. The van der Waals surface area contributed by atoms with E-state index in [0.29, 0.717) is 17.8 Å². The molecule has 25 heavy (non-hydrogen) atoms. The van der Waals surface area contributed by atoms with Gasteiger partial charge < -0.3 is 9.94 Å². The molecular weight excluding hydrogens is 350 g/mol. The normalized spacial score (nSPS) is 15.2. The Labute approximate surface area is 143 Å². The number of nitro benzene ring substituents is 1. The van der Waals surface area contributed by atoms with Gasteiger partial charge in [-0.1, -0.05) is 0 Å². The molecule has 3 rings (SSSR count). The molecule has 0 amide bonds. The van der Waals surface area contributed by atoms with E-state index in [2.05, 4.69) is 0 Å².